The molecule has 0 radical (unpaired) electrons. The van der Waals surface area contributed by atoms with E-state index in [1.54, 1.807) is 17.0 Å². The number of carbonyl (C=O) groups excluding carboxylic acids is 2. The van der Waals surface area contributed by atoms with Gasteiger partial charge in [0.2, 0.25) is 21.8 Å². The fourth-order valence-corrected chi connectivity index (χ4v) is 6.12. The SMILES string of the molecule is CC(=O)N1c2ccc(S(=O)(=O)N(C)CC(=O)Nc3nc4ccc(C)cc4s3)cc2CC1C. The number of benzene rings is 2. The second-order valence-electron chi connectivity index (χ2n) is 8.03. The number of hydrogen-bond donors (Lipinski definition) is 1. The average molecular weight is 473 g/mol. The smallest absolute Gasteiger partial charge is 0.243 e. The third-order valence-electron chi connectivity index (χ3n) is 5.47. The zero-order valence-electron chi connectivity index (χ0n) is 18.2. The lowest BCUT2D eigenvalue weighted by molar-refractivity contribution is -0.117. The largest absolute Gasteiger partial charge is 0.309 e. The Hall–Kier alpha value is -2.82. The molecule has 32 heavy (non-hydrogen) atoms. The number of aromatic nitrogens is 1. The van der Waals surface area contributed by atoms with Gasteiger partial charge < -0.3 is 10.2 Å². The van der Waals surface area contributed by atoms with Gasteiger partial charge in [-0.05, 0) is 61.7 Å². The second-order valence-corrected chi connectivity index (χ2v) is 11.1. The summed E-state index contributed by atoms with van der Waals surface area (Å²) >= 11 is 1.34. The lowest BCUT2D eigenvalue weighted by Crippen LogP contribution is -2.35. The van der Waals surface area contributed by atoms with E-state index in [0.29, 0.717) is 11.6 Å². The maximum absolute atomic E-state index is 13.0. The van der Waals surface area contributed by atoms with Gasteiger partial charge in [0, 0.05) is 25.7 Å². The molecule has 1 unspecified atom stereocenters. The molecule has 4 rings (SSSR count). The molecule has 0 fully saturated rings. The number of likely N-dealkylation sites (N-methyl/N-ethyl adjacent to an activating group) is 1. The molecule has 0 saturated heterocycles. The van der Waals surface area contributed by atoms with Crippen LogP contribution in [0.4, 0.5) is 10.8 Å². The average Bonchev–Trinajstić information content (AvgIpc) is 3.25. The molecule has 1 atom stereocenters. The van der Waals surface area contributed by atoms with Crippen LogP contribution in [0, 0.1) is 6.92 Å². The molecule has 8 nitrogen and oxygen atoms in total. The molecule has 1 aromatic heterocycles. The minimum absolute atomic E-state index is 0.0263. The molecule has 0 aliphatic carbocycles. The zero-order valence-corrected chi connectivity index (χ0v) is 19.9. The number of amides is 2. The highest BCUT2D eigenvalue weighted by molar-refractivity contribution is 7.89. The Morgan fingerprint density at radius 2 is 2.00 bits per heavy atom. The van der Waals surface area contributed by atoms with Crippen molar-refractivity contribution < 1.29 is 18.0 Å². The predicted molar refractivity (Wildman–Crippen MR) is 126 cm³/mol. The molecule has 2 amide bonds. The number of aryl methyl sites for hydroxylation is 1. The molecular weight excluding hydrogens is 448 g/mol. The van der Waals surface area contributed by atoms with Gasteiger partial charge in [-0.15, -0.1) is 0 Å². The Balaban J connectivity index is 1.48. The Labute approximate surface area is 190 Å². The van der Waals surface area contributed by atoms with Gasteiger partial charge in [0.1, 0.15) is 0 Å². The summed E-state index contributed by atoms with van der Waals surface area (Å²) in [6.45, 7) is 5.06. The lowest BCUT2D eigenvalue weighted by Gasteiger charge is -2.21. The predicted octanol–water partition coefficient (Wildman–Crippen LogP) is 3.16. The monoisotopic (exact) mass is 472 g/mol. The highest BCUT2D eigenvalue weighted by atomic mass is 32.2. The van der Waals surface area contributed by atoms with E-state index in [-0.39, 0.29) is 23.4 Å². The van der Waals surface area contributed by atoms with Crippen molar-refractivity contribution >= 4 is 54.2 Å². The number of fused-ring (bicyclic) bond motifs is 2. The van der Waals surface area contributed by atoms with E-state index < -0.39 is 15.9 Å². The van der Waals surface area contributed by atoms with Crippen LogP contribution in [0.25, 0.3) is 10.2 Å². The maximum Gasteiger partial charge on any atom is 0.243 e. The van der Waals surface area contributed by atoms with Crippen molar-refractivity contribution in [1.82, 2.24) is 9.29 Å². The molecule has 1 aliphatic rings. The van der Waals surface area contributed by atoms with Crippen LogP contribution in [0.15, 0.2) is 41.3 Å². The normalized spacial score (nSPS) is 15.9. The fourth-order valence-electron chi connectivity index (χ4n) is 3.96. The van der Waals surface area contributed by atoms with Gasteiger partial charge in [-0.1, -0.05) is 17.4 Å². The molecule has 0 bridgehead atoms. The first-order valence-corrected chi connectivity index (χ1v) is 12.4. The third kappa shape index (κ3) is 4.13. The van der Waals surface area contributed by atoms with Gasteiger partial charge in [0.15, 0.2) is 5.13 Å². The number of nitrogens with zero attached hydrogens (tertiary/aromatic N) is 3. The molecule has 0 spiro atoms. The van der Waals surface area contributed by atoms with Crippen molar-refractivity contribution in [1.29, 1.82) is 0 Å². The Kier molecular flexibility index (Phi) is 5.78. The topological polar surface area (TPSA) is 99.7 Å². The van der Waals surface area contributed by atoms with E-state index >= 15 is 0 Å². The molecule has 2 heterocycles. The summed E-state index contributed by atoms with van der Waals surface area (Å²) in [6.07, 6.45) is 0.583. The van der Waals surface area contributed by atoms with Crippen LogP contribution in [0.2, 0.25) is 0 Å². The van der Waals surface area contributed by atoms with E-state index in [1.165, 1.54) is 31.4 Å². The van der Waals surface area contributed by atoms with Crippen LogP contribution < -0.4 is 10.2 Å². The van der Waals surface area contributed by atoms with Gasteiger partial charge in [0.25, 0.3) is 0 Å². The molecule has 2 aromatic carbocycles. The summed E-state index contributed by atoms with van der Waals surface area (Å²) in [4.78, 5) is 30.5. The Morgan fingerprint density at radius 3 is 2.72 bits per heavy atom. The molecule has 1 N–H and O–H groups in total. The lowest BCUT2D eigenvalue weighted by atomic mass is 10.1. The maximum atomic E-state index is 13.0. The first-order valence-electron chi connectivity index (χ1n) is 10.1. The Morgan fingerprint density at radius 1 is 1.25 bits per heavy atom. The van der Waals surface area contributed by atoms with Crippen LogP contribution in [-0.4, -0.2) is 49.2 Å². The van der Waals surface area contributed by atoms with Crippen molar-refractivity contribution in [3.8, 4) is 0 Å². The summed E-state index contributed by atoms with van der Waals surface area (Å²) in [5, 5.41) is 3.12. The first-order chi connectivity index (χ1) is 15.1. The quantitative estimate of drug-likeness (QED) is 0.615. The summed E-state index contributed by atoms with van der Waals surface area (Å²) < 4.78 is 28.1. The number of rotatable bonds is 5. The van der Waals surface area contributed by atoms with E-state index in [4.69, 9.17) is 0 Å². The fraction of sp³-hybridized carbons (Fsp3) is 0.318. The third-order valence-corrected chi connectivity index (χ3v) is 8.20. The summed E-state index contributed by atoms with van der Waals surface area (Å²) in [7, 11) is -2.51. The number of hydrogen-bond acceptors (Lipinski definition) is 6. The number of sulfonamides is 1. The van der Waals surface area contributed by atoms with Gasteiger partial charge in [-0.25, -0.2) is 13.4 Å². The van der Waals surface area contributed by atoms with Crippen molar-refractivity contribution in [2.75, 3.05) is 23.8 Å². The van der Waals surface area contributed by atoms with E-state index in [9.17, 15) is 18.0 Å². The van der Waals surface area contributed by atoms with Crippen LogP contribution >= 0.6 is 11.3 Å². The van der Waals surface area contributed by atoms with E-state index in [2.05, 4.69) is 10.3 Å². The molecular formula is C22H24N4O4S2. The van der Waals surface area contributed by atoms with Crippen LogP contribution in [0.3, 0.4) is 0 Å². The number of carbonyl (C=O) groups is 2. The van der Waals surface area contributed by atoms with Gasteiger partial charge >= 0.3 is 0 Å². The van der Waals surface area contributed by atoms with Crippen molar-refractivity contribution in [3.63, 3.8) is 0 Å². The van der Waals surface area contributed by atoms with Crippen molar-refractivity contribution in [2.24, 2.45) is 0 Å². The second kappa shape index (κ2) is 8.27. The van der Waals surface area contributed by atoms with Gasteiger partial charge in [-0.3, -0.25) is 9.59 Å². The highest BCUT2D eigenvalue weighted by Gasteiger charge is 2.31. The van der Waals surface area contributed by atoms with Crippen LogP contribution in [0.5, 0.6) is 0 Å². The molecule has 1 aliphatic heterocycles. The zero-order chi connectivity index (χ0) is 23.2. The molecule has 3 aromatic rings. The van der Waals surface area contributed by atoms with Crippen LogP contribution in [0.1, 0.15) is 25.0 Å². The minimum atomic E-state index is -3.88. The minimum Gasteiger partial charge on any atom is -0.309 e. The van der Waals surface area contributed by atoms with Crippen molar-refractivity contribution in [2.45, 2.75) is 38.1 Å². The molecule has 10 heteroatoms. The number of nitrogens with one attached hydrogen (secondary N) is 1. The highest BCUT2D eigenvalue weighted by Crippen LogP contribution is 2.34. The Bertz CT molecular complexity index is 1330. The standard InChI is InChI=1S/C22H24N4O4S2/c1-13-5-7-18-20(9-13)31-22(23-18)24-21(28)12-25(4)32(29,30)17-6-8-19-16(11-17)10-14(2)26(19)15(3)27/h5-9,11,14H,10,12H2,1-4H3,(H,23,24,28). The van der Waals surface area contributed by atoms with Crippen molar-refractivity contribution in [3.05, 3.63) is 47.5 Å². The van der Waals surface area contributed by atoms with Gasteiger partial charge in [-0.2, -0.15) is 4.31 Å². The number of anilines is 2. The summed E-state index contributed by atoms with van der Waals surface area (Å²) in [5.41, 5.74) is 3.41. The molecule has 0 saturated carbocycles. The van der Waals surface area contributed by atoms with Crippen LogP contribution in [-0.2, 0) is 26.0 Å². The van der Waals surface area contributed by atoms with Gasteiger partial charge in [0.05, 0.1) is 21.7 Å². The van der Waals surface area contributed by atoms with E-state index in [0.717, 1.165) is 31.3 Å². The molecule has 168 valence electrons. The first kappa shape index (κ1) is 22.4. The number of thiazole rings is 1. The summed E-state index contributed by atoms with van der Waals surface area (Å²) in [5.74, 6) is -0.546. The summed E-state index contributed by atoms with van der Waals surface area (Å²) in [6, 6.07) is 10.5. The van der Waals surface area contributed by atoms with E-state index in [1.807, 2.05) is 32.0 Å².